The van der Waals surface area contributed by atoms with Gasteiger partial charge in [-0.3, -0.25) is 4.79 Å². The summed E-state index contributed by atoms with van der Waals surface area (Å²) >= 11 is 3.32. The number of ether oxygens (including phenoxy) is 1. The van der Waals surface area contributed by atoms with Crippen LogP contribution in [0.4, 0.5) is 4.39 Å². The molecular weight excluding hydrogens is 299 g/mol. The molecule has 0 N–H and O–H groups in total. The predicted octanol–water partition coefficient (Wildman–Crippen LogP) is 3.85. The molecule has 0 aromatic heterocycles. The van der Waals surface area contributed by atoms with Gasteiger partial charge in [-0.15, -0.1) is 0 Å². The maximum atomic E-state index is 13.0. The Hall–Kier alpha value is -1.68. The fourth-order valence-electron chi connectivity index (χ4n) is 1.45. The minimum atomic E-state index is -0.429. The van der Waals surface area contributed by atoms with Crippen LogP contribution in [0.25, 0.3) is 0 Å². The standard InChI is InChI=1S/C14H10BrFO2/c15-12-6-1-2-7-14(12)18-9-13(17)10-4-3-5-11(16)8-10/h1-8H,9H2. The first kappa shape index (κ1) is 12.8. The molecule has 0 atom stereocenters. The molecule has 0 heterocycles. The number of halogens is 2. The molecule has 2 rings (SSSR count). The molecule has 2 nitrogen and oxygen atoms in total. The van der Waals surface area contributed by atoms with Gasteiger partial charge in [0.15, 0.2) is 12.4 Å². The number of para-hydroxylation sites is 1. The highest BCUT2D eigenvalue weighted by Gasteiger charge is 2.08. The fraction of sp³-hybridized carbons (Fsp3) is 0.0714. The third-order valence-corrected chi connectivity index (χ3v) is 3.00. The van der Waals surface area contributed by atoms with Crippen LogP contribution < -0.4 is 4.74 Å². The van der Waals surface area contributed by atoms with Crippen molar-refractivity contribution in [2.24, 2.45) is 0 Å². The molecule has 0 radical (unpaired) electrons. The van der Waals surface area contributed by atoms with E-state index in [1.165, 1.54) is 18.2 Å². The minimum Gasteiger partial charge on any atom is -0.484 e. The molecule has 4 heteroatoms. The molecule has 2 aromatic carbocycles. The molecular formula is C14H10BrFO2. The summed E-state index contributed by atoms with van der Waals surface area (Å²) in [4.78, 5) is 11.8. The number of hydrogen-bond donors (Lipinski definition) is 0. The zero-order chi connectivity index (χ0) is 13.0. The Labute approximate surface area is 113 Å². The lowest BCUT2D eigenvalue weighted by atomic mass is 10.1. The Balaban J connectivity index is 2.03. The molecule has 0 saturated carbocycles. The van der Waals surface area contributed by atoms with E-state index in [4.69, 9.17) is 4.74 Å². The highest BCUT2D eigenvalue weighted by Crippen LogP contribution is 2.23. The Morgan fingerprint density at radius 1 is 1.17 bits per heavy atom. The molecule has 0 amide bonds. The van der Waals surface area contributed by atoms with E-state index in [-0.39, 0.29) is 12.4 Å². The van der Waals surface area contributed by atoms with Crippen LogP contribution in [0.5, 0.6) is 5.75 Å². The first-order chi connectivity index (χ1) is 8.66. The van der Waals surface area contributed by atoms with Crippen molar-refractivity contribution in [1.82, 2.24) is 0 Å². The van der Waals surface area contributed by atoms with E-state index in [2.05, 4.69) is 15.9 Å². The van der Waals surface area contributed by atoms with Crippen LogP contribution in [-0.4, -0.2) is 12.4 Å². The average molecular weight is 309 g/mol. The molecule has 0 fully saturated rings. The van der Waals surface area contributed by atoms with Gasteiger partial charge in [0.05, 0.1) is 4.47 Å². The van der Waals surface area contributed by atoms with Crippen LogP contribution in [0, 0.1) is 5.82 Å². The van der Waals surface area contributed by atoms with Gasteiger partial charge >= 0.3 is 0 Å². The molecule has 0 aliphatic heterocycles. The third-order valence-electron chi connectivity index (χ3n) is 2.34. The van der Waals surface area contributed by atoms with Gasteiger partial charge in [0, 0.05) is 5.56 Å². The summed E-state index contributed by atoms with van der Waals surface area (Å²) in [7, 11) is 0. The zero-order valence-electron chi connectivity index (χ0n) is 9.40. The summed E-state index contributed by atoms with van der Waals surface area (Å²) in [6.45, 7) is -0.119. The van der Waals surface area contributed by atoms with E-state index in [9.17, 15) is 9.18 Å². The normalized spacial score (nSPS) is 10.1. The van der Waals surface area contributed by atoms with E-state index >= 15 is 0 Å². The summed E-state index contributed by atoms with van der Waals surface area (Å²) in [5.41, 5.74) is 0.307. The van der Waals surface area contributed by atoms with Crippen LogP contribution >= 0.6 is 15.9 Å². The van der Waals surface area contributed by atoms with Crippen LogP contribution in [0.15, 0.2) is 53.0 Å². The van der Waals surface area contributed by atoms with Crippen LogP contribution in [-0.2, 0) is 0 Å². The van der Waals surface area contributed by atoms with Gasteiger partial charge in [0.2, 0.25) is 0 Å². The monoisotopic (exact) mass is 308 g/mol. The second kappa shape index (κ2) is 5.78. The Kier molecular flexibility index (Phi) is 4.10. The van der Waals surface area contributed by atoms with E-state index in [0.717, 1.165) is 4.47 Å². The van der Waals surface area contributed by atoms with Gasteiger partial charge in [0.25, 0.3) is 0 Å². The predicted molar refractivity (Wildman–Crippen MR) is 70.4 cm³/mol. The van der Waals surface area contributed by atoms with Crippen LogP contribution in [0.2, 0.25) is 0 Å². The van der Waals surface area contributed by atoms with Crippen molar-refractivity contribution in [2.75, 3.05) is 6.61 Å². The van der Waals surface area contributed by atoms with Crippen molar-refractivity contribution >= 4 is 21.7 Å². The molecule has 0 unspecified atom stereocenters. The zero-order valence-corrected chi connectivity index (χ0v) is 11.0. The maximum Gasteiger partial charge on any atom is 0.200 e. The van der Waals surface area contributed by atoms with Crippen molar-refractivity contribution < 1.29 is 13.9 Å². The van der Waals surface area contributed by atoms with Gasteiger partial charge in [-0.2, -0.15) is 0 Å². The highest BCUT2D eigenvalue weighted by atomic mass is 79.9. The maximum absolute atomic E-state index is 13.0. The lowest BCUT2D eigenvalue weighted by molar-refractivity contribution is 0.0920. The van der Waals surface area contributed by atoms with Gasteiger partial charge in [-0.25, -0.2) is 4.39 Å². The summed E-state index contributed by atoms with van der Waals surface area (Å²) in [6, 6.07) is 12.8. The molecule has 92 valence electrons. The van der Waals surface area contributed by atoms with Crippen molar-refractivity contribution in [3.05, 3.63) is 64.4 Å². The first-order valence-electron chi connectivity index (χ1n) is 5.33. The fourth-order valence-corrected chi connectivity index (χ4v) is 1.85. The van der Waals surface area contributed by atoms with Gasteiger partial charge < -0.3 is 4.74 Å². The summed E-state index contributed by atoms with van der Waals surface area (Å²) in [6.07, 6.45) is 0. The number of ketones is 1. The van der Waals surface area contributed by atoms with Gasteiger partial charge in [0.1, 0.15) is 11.6 Å². The number of carbonyl (C=O) groups is 1. The molecule has 0 bridgehead atoms. The highest BCUT2D eigenvalue weighted by molar-refractivity contribution is 9.10. The smallest absolute Gasteiger partial charge is 0.200 e. The van der Waals surface area contributed by atoms with Crippen molar-refractivity contribution in [1.29, 1.82) is 0 Å². The molecule has 2 aromatic rings. The van der Waals surface area contributed by atoms with E-state index in [1.807, 2.05) is 18.2 Å². The minimum absolute atomic E-state index is 0.119. The van der Waals surface area contributed by atoms with E-state index in [0.29, 0.717) is 11.3 Å². The molecule has 0 aliphatic rings. The molecule has 0 aliphatic carbocycles. The first-order valence-corrected chi connectivity index (χ1v) is 6.12. The summed E-state index contributed by atoms with van der Waals surface area (Å²) in [5, 5.41) is 0. The molecule has 0 spiro atoms. The largest absolute Gasteiger partial charge is 0.484 e. The SMILES string of the molecule is O=C(COc1ccccc1Br)c1cccc(F)c1. The third kappa shape index (κ3) is 3.17. The van der Waals surface area contributed by atoms with Crippen molar-refractivity contribution in [3.8, 4) is 5.75 Å². The quantitative estimate of drug-likeness (QED) is 0.802. The van der Waals surface area contributed by atoms with Gasteiger partial charge in [-0.05, 0) is 40.2 Å². The summed E-state index contributed by atoms with van der Waals surface area (Å²) < 4.78 is 19.1. The topological polar surface area (TPSA) is 26.3 Å². The number of Topliss-reactive ketones (excluding diaryl/α,β-unsaturated/α-hetero) is 1. The summed E-state index contributed by atoms with van der Waals surface area (Å²) in [5.74, 6) is -0.103. The Bertz CT molecular complexity index is 569. The number of carbonyl (C=O) groups excluding carboxylic acids is 1. The van der Waals surface area contributed by atoms with Crippen molar-refractivity contribution in [2.45, 2.75) is 0 Å². The van der Waals surface area contributed by atoms with Crippen molar-refractivity contribution in [3.63, 3.8) is 0 Å². The second-order valence-electron chi connectivity index (χ2n) is 3.65. The average Bonchev–Trinajstić information content (AvgIpc) is 2.37. The second-order valence-corrected chi connectivity index (χ2v) is 4.51. The van der Waals surface area contributed by atoms with E-state index < -0.39 is 5.82 Å². The Morgan fingerprint density at radius 3 is 2.67 bits per heavy atom. The lowest BCUT2D eigenvalue weighted by Crippen LogP contribution is -2.11. The molecule has 18 heavy (non-hydrogen) atoms. The van der Waals surface area contributed by atoms with Crippen LogP contribution in [0.1, 0.15) is 10.4 Å². The number of hydrogen-bond acceptors (Lipinski definition) is 2. The van der Waals surface area contributed by atoms with Crippen LogP contribution in [0.3, 0.4) is 0 Å². The lowest BCUT2D eigenvalue weighted by Gasteiger charge is -2.07. The number of benzene rings is 2. The van der Waals surface area contributed by atoms with Gasteiger partial charge in [-0.1, -0.05) is 24.3 Å². The Morgan fingerprint density at radius 2 is 1.94 bits per heavy atom. The number of rotatable bonds is 4. The van der Waals surface area contributed by atoms with E-state index in [1.54, 1.807) is 12.1 Å². The molecule has 0 saturated heterocycles.